The number of rotatable bonds is 6. The summed E-state index contributed by atoms with van der Waals surface area (Å²) in [4.78, 5) is 2.26. The smallest absolute Gasteiger partial charge is 0.148 e. The highest BCUT2D eigenvalue weighted by atomic mass is 16.7. The lowest BCUT2D eigenvalue weighted by molar-refractivity contribution is -0.0957. The highest BCUT2D eigenvalue weighted by Crippen LogP contribution is 2.12. The zero-order valence-electron chi connectivity index (χ0n) is 10.8. The average molecular weight is 247 g/mol. The van der Waals surface area contributed by atoms with E-state index in [1.807, 2.05) is 18.2 Å². The molecule has 1 aliphatic heterocycles. The fraction of sp³-hybridized carbons (Fsp3) is 0.467. The van der Waals surface area contributed by atoms with Crippen molar-refractivity contribution < 1.29 is 9.47 Å². The molecular weight excluding hydrogens is 226 g/mol. The normalized spacial score (nSPS) is 17.0. The SMILES string of the molecule is C=C1CCCN(COCOCc2ccccc2)C1. The van der Waals surface area contributed by atoms with Gasteiger partial charge in [0.1, 0.15) is 13.5 Å². The van der Waals surface area contributed by atoms with E-state index in [-0.39, 0.29) is 0 Å². The summed E-state index contributed by atoms with van der Waals surface area (Å²) in [6, 6.07) is 10.1. The van der Waals surface area contributed by atoms with Crippen LogP contribution in [0.25, 0.3) is 0 Å². The van der Waals surface area contributed by atoms with Crippen molar-refractivity contribution in [3.63, 3.8) is 0 Å². The fourth-order valence-electron chi connectivity index (χ4n) is 2.10. The van der Waals surface area contributed by atoms with E-state index in [2.05, 4.69) is 23.6 Å². The topological polar surface area (TPSA) is 21.7 Å². The summed E-state index contributed by atoms with van der Waals surface area (Å²) in [6.45, 7) is 7.65. The lowest BCUT2D eigenvalue weighted by atomic mass is 10.1. The standard InChI is InChI=1S/C15H21NO2/c1-14-6-5-9-16(10-14)12-18-13-17-11-15-7-3-2-4-8-15/h2-4,7-8H,1,5-6,9-13H2. The van der Waals surface area contributed by atoms with Gasteiger partial charge in [-0.1, -0.05) is 42.5 Å². The maximum atomic E-state index is 5.51. The van der Waals surface area contributed by atoms with E-state index in [4.69, 9.17) is 9.47 Å². The minimum atomic E-state index is 0.345. The molecule has 0 atom stereocenters. The van der Waals surface area contributed by atoms with Crippen LogP contribution in [0.15, 0.2) is 42.5 Å². The first kappa shape index (κ1) is 13.3. The van der Waals surface area contributed by atoms with Crippen molar-refractivity contribution in [3.05, 3.63) is 48.0 Å². The summed E-state index contributed by atoms with van der Waals surface area (Å²) >= 11 is 0. The van der Waals surface area contributed by atoms with Crippen molar-refractivity contribution in [1.29, 1.82) is 0 Å². The van der Waals surface area contributed by atoms with Crippen LogP contribution in [0.3, 0.4) is 0 Å². The Kier molecular flexibility index (Phi) is 5.39. The molecular formula is C15H21NO2. The average Bonchev–Trinajstić information content (AvgIpc) is 2.40. The minimum Gasteiger partial charge on any atom is -0.351 e. The van der Waals surface area contributed by atoms with Crippen molar-refractivity contribution >= 4 is 0 Å². The first-order valence-corrected chi connectivity index (χ1v) is 6.43. The highest BCUT2D eigenvalue weighted by Gasteiger charge is 2.12. The Balaban J connectivity index is 1.55. The van der Waals surface area contributed by atoms with Crippen LogP contribution in [-0.4, -0.2) is 31.5 Å². The predicted molar refractivity (Wildman–Crippen MR) is 72.0 cm³/mol. The number of benzene rings is 1. The summed E-state index contributed by atoms with van der Waals surface area (Å²) in [7, 11) is 0. The second-order valence-electron chi connectivity index (χ2n) is 4.69. The molecule has 0 radical (unpaired) electrons. The van der Waals surface area contributed by atoms with E-state index < -0.39 is 0 Å². The molecule has 3 heteroatoms. The molecule has 1 aliphatic rings. The molecule has 2 rings (SSSR count). The van der Waals surface area contributed by atoms with Crippen molar-refractivity contribution in [2.75, 3.05) is 26.6 Å². The summed E-state index contributed by atoms with van der Waals surface area (Å²) in [5.41, 5.74) is 2.47. The monoisotopic (exact) mass is 247 g/mol. The first-order chi connectivity index (χ1) is 8.84. The molecule has 1 aromatic carbocycles. The molecule has 0 amide bonds. The van der Waals surface area contributed by atoms with Crippen molar-refractivity contribution in [2.45, 2.75) is 19.4 Å². The van der Waals surface area contributed by atoms with Crippen LogP contribution >= 0.6 is 0 Å². The van der Waals surface area contributed by atoms with Crippen LogP contribution in [0.4, 0.5) is 0 Å². The van der Waals surface area contributed by atoms with Gasteiger partial charge in [0, 0.05) is 13.1 Å². The minimum absolute atomic E-state index is 0.345. The van der Waals surface area contributed by atoms with Gasteiger partial charge in [-0.05, 0) is 18.4 Å². The maximum absolute atomic E-state index is 5.51. The maximum Gasteiger partial charge on any atom is 0.148 e. The van der Waals surface area contributed by atoms with Crippen molar-refractivity contribution in [1.82, 2.24) is 4.90 Å². The Morgan fingerprint density at radius 3 is 2.78 bits per heavy atom. The van der Waals surface area contributed by atoms with Crippen molar-refractivity contribution in [3.8, 4) is 0 Å². The molecule has 3 nitrogen and oxygen atoms in total. The lowest BCUT2D eigenvalue weighted by Crippen LogP contribution is -2.33. The molecule has 0 N–H and O–H groups in total. The van der Waals surface area contributed by atoms with Crippen molar-refractivity contribution in [2.24, 2.45) is 0 Å². The van der Waals surface area contributed by atoms with Gasteiger partial charge in [0.05, 0.1) is 6.61 Å². The molecule has 0 aliphatic carbocycles. The quantitative estimate of drug-likeness (QED) is 0.438. The largest absolute Gasteiger partial charge is 0.351 e. The Bertz CT molecular complexity index is 364. The summed E-state index contributed by atoms with van der Waals surface area (Å²) in [6.07, 6.45) is 2.34. The van der Waals surface area contributed by atoms with E-state index in [9.17, 15) is 0 Å². The van der Waals surface area contributed by atoms with Gasteiger partial charge in [-0.15, -0.1) is 0 Å². The molecule has 0 saturated carbocycles. The molecule has 98 valence electrons. The second kappa shape index (κ2) is 7.31. The predicted octanol–water partition coefficient (Wildman–Crippen LogP) is 2.79. The van der Waals surface area contributed by atoms with E-state index >= 15 is 0 Å². The van der Waals surface area contributed by atoms with Gasteiger partial charge in [0.25, 0.3) is 0 Å². The van der Waals surface area contributed by atoms with Gasteiger partial charge in [-0.3, -0.25) is 4.90 Å². The zero-order chi connectivity index (χ0) is 12.6. The molecule has 1 fully saturated rings. The molecule has 0 bridgehead atoms. The molecule has 1 heterocycles. The number of likely N-dealkylation sites (tertiary alicyclic amines) is 1. The Morgan fingerprint density at radius 2 is 2.00 bits per heavy atom. The number of nitrogens with zero attached hydrogens (tertiary/aromatic N) is 1. The van der Waals surface area contributed by atoms with Gasteiger partial charge < -0.3 is 9.47 Å². The van der Waals surface area contributed by atoms with Gasteiger partial charge in [0.2, 0.25) is 0 Å². The molecule has 18 heavy (non-hydrogen) atoms. The number of piperidine rings is 1. The molecule has 1 saturated heterocycles. The fourth-order valence-corrected chi connectivity index (χ4v) is 2.10. The molecule has 0 aromatic heterocycles. The summed E-state index contributed by atoms with van der Waals surface area (Å²) < 4.78 is 11.0. The van der Waals surface area contributed by atoms with Crippen LogP contribution < -0.4 is 0 Å². The third-order valence-electron chi connectivity index (χ3n) is 3.00. The number of hydrogen-bond acceptors (Lipinski definition) is 3. The van der Waals surface area contributed by atoms with E-state index in [1.54, 1.807) is 0 Å². The molecule has 0 unspecified atom stereocenters. The number of hydrogen-bond donors (Lipinski definition) is 0. The Labute approximate surface area is 109 Å². The third kappa shape index (κ3) is 4.61. The van der Waals surface area contributed by atoms with E-state index in [0.717, 1.165) is 19.5 Å². The number of ether oxygens (including phenoxy) is 2. The third-order valence-corrected chi connectivity index (χ3v) is 3.00. The Morgan fingerprint density at radius 1 is 1.17 bits per heavy atom. The highest BCUT2D eigenvalue weighted by molar-refractivity contribution is 5.13. The van der Waals surface area contributed by atoms with Crippen LogP contribution in [-0.2, 0) is 16.1 Å². The van der Waals surface area contributed by atoms with Gasteiger partial charge in [-0.25, -0.2) is 0 Å². The molecule has 0 spiro atoms. The van der Waals surface area contributed by atoms with Gasteiger partial charge in [0.15, 0.2) is 0 Å². The van der Waals surface area contributed by atoms with Crippen LogP contribution in [0, 0.1) is 0 Å². The molecule has 1 aromatic rings. The summed E-state index contributed by atoms with van der Waals surface area (Å²) in [5.74, 6) is 0. The van der Waals surface area contributed by atoms with Crippen LogP contribution in [0.1, 0.15) is 18.4 Å². The summed E-state index contributed by atoms with van der Waals surface area (Å²) in [5, 5.41) is 0. The van der Waals surface area contributed by atoms with Crippen LogP contribution in [0.5, 0.6) is 0 Å². The zero-order valence-corrected chi connectivity index (χ0v) is 10.8. The first-order valence-electron chi connectivity index (χ1n) is 6.43. The van der Waals surface area contributed by atoms with E-state index in [1.165, 1.54) is 17.6 Å². The van der Waals surface area contributed by atoms with Gasteiger partial charge >= 0.3 is 0 Å². The lowest BCUT2D eigenvalue weighted by Gasteiger charge is -2.27. The van der Waals surface area contributed by atoms with Gasteiger partial charge in [-0.2, -0.15) is 0 Å². The second-order valence-corrected chi connectivity index (χ2v) is 4.69. The Hall–Kier alpha value is -1.16. The van der Waals surface area contributed by atoms with E-state index in [0.29, 0.717) is 20.1 Å². The van der Waals surface area contributed by atoms with Crippen LogP contribution in [0.2, 0.25) is 0 Å².